The average Bonchev–Trinajstić information content (AvgIpc) is 2.10. The Hall–Kier alpha value is -1.10. The van der Waals surface area contributed by atoms with E-state index >= 15 is 0 Å². The highest BCUT2D eigenvalue weighted by Crippen LogP contribution is 2.13. The lowest BCUT2D eigenvalue weighted by atomic mass is 9.98. The summed E-state index contributed by atoms with van der Waals surface area (Å²) in [6.07, 6.45) is 1.45. The van der Waals surface area contributed by atoms with E-state index < -0.39 is 11.9 Å². The highest BCUT2D eigenvalue weighted by Gasteiger charge is 2.19. The molecule has 5 nitrogen and oxygen atoms in total. The number of hydrogen-bond acceptors (Lipinski definition) is 3. The molecule has 14 heavy (non-hydrogen) atoms. The fourth-order valence-electron chi connectivity index (χ4n) is 1.10. The van der Waals surface area contributed by atoms with Gasteiger partial charge in [-0.05, 0) is 12.3 Å². The molecule has 0 aromatic carbocycles. The molecule has 0 saturated carbocycles. The topological polar surface area (TPSA) is 77.8 Å². The average molecular weight is 203 g/mol. The summed E-state index contributed by atoms with van der Waals surface area (Å²) >= 11 is 0. The number of carbonyl (C=O) groups excluding carboxylic acids is 1. The Kier molecular flexibility index (Phi) is 5.87. The first-order valence-corrected chi connectivity index (χ1v) is 4.61. The van der Waals surface area contributed by atoms with E-state index in [1.165, 1.54) is 0 Å². The zero-order valence-corrected chi connectivity index (χ0v) is 8.51. The molecule has 0 aliphatic rings. The lowest BCUT2D eigenvalue weighted by molar-refractivity contribution is -0.159. The van der Waals surface area contributed by atoms with E-state index in [0.717, 1.165) is 6.42 Å². The molecular formula is C9H17NO4. The lowest BCUT2D eigenvalue weighted by Crippen LogP contribution is -2.30. The van der Waals surface area contributed by atoms with Gasteiger partial charge in [-0.3, -0.25) is 14.8 Å². The second kappa shape index (κ2) is 6.37. The van der Waals surface area contributed by atoms with Crippen LogP contribution in [0.1, 0.15) is 26.7 Å². The minimum Gasteiger partial charge on any atom is -0.481 e. The van der Waals surface area contributed by atoms with Crippen molar-refractivity contribution in [2.75, 3.05) is 6.54 Å². The molecule has 1 atom stereocenters. The maximum atomic E-state index is 10.7. The molecule has 82 valence electrons. The third kappa shape index (κ3) is 5.53. The van der Waals surface area contributed by atoms with Crippen molar-refractivity contribution in [3.63, 3.8) is 0 Å². The van der Waals surface area contributed by atoms with Crippen molar-refractivity contribution in [1.29, 1.82) is 0 Å². The molecule has 1 amide bonds. The Morgan fingerprint density at radius 1 is 1.43 bits per heavy atom. The Bertz CT molecular complexity index is 193. The molecule has 0 saturated heterocycles. The summed E-state index contributed by atoms with van der Waals surface area (Å²) in [5.74, 6) is -1.25. The quantitative estimate of drug-likeness (QED) is 0.367. The standard InChI is InChI=1S/C9H17NO4/c1-7(2)3-4-8(9(12)13)5-10(14)6-11/h6-8,14H,3-5H2,1-2H3,(H,12,13)/t8-/m1/s1. The summed E-state index contributed by atoms with van der Waals surface area (Å²) in [4.78, 5) is 20.8. The van der Waals surface area contributed by atoms with Crippen LogP contribution in [0.2, 0.25) is 0 Å². The molecule has 0 bridgehead atoms. The predicted molar refractivity (Wildman–Crippen MR) is 49.8 cm³/mol. The number of hydrogen-bond donors (Lipinski definition) is 2. The first kappa shape index (κ1) is 12.9. The Morgan fingerprint density at radius 2 is 2.00 bits per heavy atom. The van der Waals surface area contributed by atoms with Gasteiger partial charge in [-0.25, -0.2) is 5.06 Å². The van der Waals surface area contributed by atoms with Crippen molar-refractivity contribution in [3.8, 4) is 0 Å². The number of hydroxylamine groups is 2. The van der Waals surface area contributed by atoms with Crippen molar-refractivity contribution < 1.29 is 19.9 Å². The predicted octanol–water partition coefficient (Wildman–Crippen LogP) is 0.971. The lowest BCUT2D eigenvalue weighted by Gasteiger charge is -2.16. The molecule has 2 N–H and O–H groups in total. The van der Waals surface area contributed by atoms with Crippen LogP contribution in [0.15, 0.2) is 0 Å². The number of carboxylic acids is 1. The van der Waals surface area contributed by atoms with Gasteiger partial charge in [-0.15, -0.1) is 0 Å². The van der Waals surface area contributed by atoms with Crippen LogP contribution >= 0.6 is 0 Å². The van der Waals surface area contributed by atoms with Gasteiger partial charge in [-0.1, -0.05) is 20.3 Å². The second-order valence-corrected chi connectivity index (χ2v) is 3.73. The van der Waals surface area contributed by atoms with Gasteiger partial charge < -0.3 is 5.11 Å². The molecule has 0 unspecified atom stereocenters. The van der Waals surface area contributed by atoms with Crippen LogP contribution in [-0.2, 0) is 9.59 Å². The highest BCUT2D eigenvalue weighted by atomic mass is 16.5. The van der Waals surface area contributed by atoms with Crippen LogP contribution in [0.3, 0.4) is 0 Å². The summed E-state index contributed by atoms with van der Waals surface area (Å²) < 4.78 is 0. The zero-order valence-electron chi connectivity index (χ0n) is 8.51. The van der Waals surface area contributed by atoms with Gasteiger partial charge in [0, 0.05) is 0 Å². The summed E-state index contributed by atoms with van der Waals surface area (Å²) in [5.41, 5.74) is 0. The molecule has 0 radical (unpaired) electrons. The molecule has 0 rings (SSSR count). The molecule has 0 aromatic rings. The minimum absolute atomic E-state index is 0.147. The van der Waals surface area contributed by atoms with Crippen LogP contribution < -0.4 is 0 Å². The van der Waals surface area contributed by atoms with E-state index in [4.69, 9.17) is 10.3 Å². The van der Waals surface area contributed by atoms with Crippen molar-refractivity contribution in [3.05, 3.63) is 0 Å². The maximum absolute atomic E-state index is 10.7. The van der Waals surface area contributed by atoms with Crippen LogP contribution in [-0.4, -0.2) is 34.3 Å². The summed E-state index contributed by atoms with van der Waals surface area (Å²) in [6, 6.07) is 0. The fourth-order valence-corrected chi connectivity index (χ4v) is 1.10. The van der Waals surface area contributed by atoms with Gasteiger partial charge in [0.15, 0.2) is 0 Å². The molecule has 0 aromatic heterocycles. The Balaban J connectivity index is 4.02. The highest BCUT2D eigenvalue weighted by molar-refractivity contribution is 5.70. The number of carboxylic acid groups (broad SMARTS) is 1. The van der Waals surface area contributed by atoms with Crippen LogP contribution in [0.25, 0.3) is 0 Å². The van der Waals surface area contributed by atoms with E-state index in [1.54, 1.807) is 0 Å². The Labute approximate surface area is 83.3 Å². The molecule has 0 fully saturated rings. The van der Waals surface area contributed by atoms with E-state index in [0.29, 0.717) is 17.4 Å². The van der Waals surface area contributed by atoms with E-state index in [-0.39, 0.29) is 13.0 Å². The number of aliphatic carboxylic acids is 1. The monoisotopic (exact) mass is 203 g/mol. The van der Waals surface area contributed by atoms with E-state index in [2.05, 4.69) is 0 Å². The smallest absolute Gasteiger partial charge is 0.308 e. The fraction of sp³-hybridized carbons (Fsp3) is 0.778. The normalized spacial score (nSPS) is 12.6. The van der Waals surface area contributed by atoms with Gasteiger partial charge in [0.1, 0.15) is 0 Å². The zero-order chi connectivity index (χ0) is 11.1. The first-order valence-electron chi connectivity index (χ1n) is 4.61. The molecule has 0 aliphatic carbocycles. The van der Waals surface area contributed by atoms with Crippen molar-refractivity contribution >= 4 is 12.4 Å². The van der Waals surface area contributed by atoms with Crippen LogP contribution in [0.5, 0.6) is 0 Å². The van der Waals surface area contributed by atoms with Crippen molar-refractivity contribution in [2.45, 2.75) is 26.7 Å². The van der Waals surface area contributed by atoms with Gasteiger partial charge in [0.05, 0.1) is 12.5 Å². The van der Waals surface area contributed by atoms with E-state index in [9.17, 15) is 9.59 Å². The molecule has 0 aliphatic heterocycles. The molecule has 0 heterocycles. The maximum Gasteiger partial charge on any atom is 0.308 e. The van der Waals surface area contributed by atoms with Gasteiger partial charge in [0.25, 0.3) is 0 Å². The number of amides is 1. The largest absolute Gasteiger partial charge is 0.481 e. The molecular weight excluding hydrogens is 186 g/mol. The van der Waals surface area contributed by atoms with Gasteiger partial charge >= 0.3 is 5.97 Å². The summed E-state index contributed by atoms with van der Waals surface area (Å²) in [6.45, 7) is 3.84. The first-order chi connectivity index (χ1) is 6.47. The Morgan fingerprint density at radius 3 is 2.36 bits per heavy atom. The second-order valence-electron chi connectivity index (χ2n) is 3.73. The third-order valence-corrected chi connectivity index (χ3v) is 1.97. The van der Waals surface area contributed by atoms with Crippen LogP contribution in [0, 0.1) is 11.8 Å². The molecule has 0 spiro atoms. The number of rotatable bonds is 7. The van der Waals surface area contributed by atoms with Gasteiger partial charge in [-0.2, -0.15) is 0 Å². The van der Waals surface area contributed by atoms with E-state index in [1.807, 2.05) is 13.8 Å². The summed E-state index contributed by atoms with van der Waals surface area (Å²) in [5, 5.41) is 18.0. The number of nitrogens with zero attached hydrogens (tertiary/aromatic N) is 1. The minimum atomic E-state index is -0.980. The molecule has 5 heteroatoms. The van der Waals surface area contributed by atoms with Gasteiger partial charge in [0.2, 0.25) is 6.41 Å². The number of carbonyl (C=O) groups is 2. The van der Waals surface area contributed by atoms with Crippen LogP contribution in [0.4, 0.5) is 0 Å². The summed E-state index contributed by atoms with van der Waals surface area (Å²) in [7, 11) is 0. The van der Waals surface area contributed by atoms with Crippen molar-refractivity contribution in [1.82, 2.24) is 5.06 Å². The third-order valence-electron chi connectivity index (χ3n) is 1.97. The SMILES string of the molecule is CC(C)CC[C@H](CN(O)C=O)C(=O)O. The van der Waals surface area contributed by atoms with Crippen molar-refractivity contribution in [2.24, 2.45) is 11.8 Å².